The Morgan fingerprint density at radius 1 is 1.35 bits per heavy atom. The number of rotatable bonds is 2. The summed E-state index contributed by atoms with van der Waals surface area (Å²) < 4.78 is 0. The highest BCUT2D eigenvalue weighted by atomic mass is 35.5. The minimum atomic E-state index is 0.125. The van der Waals surface area contributed by atoms with Crippen LogP contribution in [0.3, 0.4) is 0 Å². The van der Waals surface area contributed by atoms with E-state index in [9.17, 15) is 4.79 Å². The van der Waals surface area contributed by atoms with Gasteiger partial charge in [0.25, 0.3) is 0 Å². The lowest BCUT2D eigenvalue weighted by molar-refractivity contribution is -0.128. The van der Waals surface area contributed by atoms with Crippen LogP contribution in [0.5, 0.6) is 0 Å². The molecule has 1 aromatic carbocycles. The summed E-state index contributed by atoms with van der Waals surface area (Å²) in [6.45, 7) is 4.47. The van der Waals surface area contributed by atoms with E-state index in [1.165, 1.54) is 5.57 Å². The van der Waals surface area contributed by atoms with Crippen LogP contribution in [0.4, 0.5) is 0 Å². The predicted molar refractivity (Wildman–Crippen MR) is 80.7 cm³/mol. The highest BCUT2D eigenvalue weighted by Crippen LogP contribution is 2.36. The van der Waals surface area contributed by atoms with Crippen LogP contribution < -0.4 is 5.32 Å². The first-order chi connectivity index (χ1) is 9.68. The van der Waals surface area contributed by atoms with Gasteiger partial charge in [0.15, 0.2) is 0 Å². The first-order valence-corrected chi connectivity index (χ1v) is 7.51. The van der Waals surface area contributed by atoms with Gasteiger partial charge in [-0.15, -0.1) is 0 Å². The van der Waals surface area contributed by atoms with Crippen LogP contribution >= 0.6 is 11.6 Å². The molecule has 3 rings (SSSR count). The smallest absolute Gasteiger partial charge is 0.250 e. The van der Waals surface area contributed by atoms with Gasteiger partial charge in [-0.3, -0.25) is 4.79 Å². The molecular formula is C16H19ClN2O. The number of hydrogen-bond donors (Lipinski definition) is 1. The minimum Gasteiger partial charge on any atom is -0.332 e. The van der Waals surface area contributed by atoms with E-state index in [-0.39, 0.29) is 11.9 Å². The van der Waals surface area contributed by atoms with Crippen molar-refractivity contribution in [2.45, 2.75) is 25.8 Å². The fourth-order valence-electron chi connectivity index (χ4n) is 2.96. The number of carbonyl (C=O) groups excluding carboxylic acids is 1. The molecule has 0 aliphatic carbocycles. The van der Waals surface area contributed by atoms with Crippen molar-refractivity contribution in [3.8, 4) is 0 Å². The molecule has 1 amide bonds. The highest BCUT2D eigenvalue weighted by molar-refractivity contribution is 6.31. The molecule has 2 fully saturated rings. The first-order valence-electron chi connectivity index (χ1n) is 7.13. The zero-order chi connectivity index (χ0) is 14.1. The molecule has 20 heavy (non-hydrogen) atoms. The standard InChI is InChI=1S/C16H19ClN2O/c1-11(12-9-18-10-12)16(20)19-8-4-7-15(19)13-5-2-3-6-14(13)17/h2-3,5-6,15,18H,4,7-10H2,1H3. The van der Waals surface area contributed by atoms with E-state index in [0.29, 0.717) is 0 Å². The van der Waals surface area contributed by atoms with E-state index in [4.69, 9.17) is 11.6 Å². The van der Waals surface area contributed by atoms with Crippen molar-refractivity contribution in [2.24, 2.45) is 0 Å². The van der Waals surface area contributed by atoms with Gasteiger partial charge >= 0.3 is 0 Å². The molecule has 0 bridgehead atoms. The monoisotopic (exact) mass is 290 g/mol. The topological polar surface area (TPSA) is 32.3 Å². The molecule has 0 aromatic heterocycles. The zero-order valence-corrected chi connectivity index (χ0v) is 12.4. The van der Waals surface area contributed by atoms with Crippen molar-refractivity contribution >= 4 is 17.5 Å². The molecule has 1 N–H and O–H groups in total. The largest absolute Gasteiger partial charge is 0.332 e. The van der Waals surface area contributed by atoms with Gasteiger partial charge in [0.2, 0.25) is 5.91 Å². The van der Waals surface area contributed by atoms with Gasteiger partial charge < -0.3 is 10.2 Å². The van der Waals surface area contributed by atoms with E-state index in [1.807, 2.05) is 36.1 Å². The summed E-state index contributed by atoms with van der Waals surface area (Å²) in [7, 11) is 0. The lowest BCUT2D eigenvalue weighted by atomic mass is 10.0. The van der Waals surface area contributed by atoms with Crippen LogP contribution in [-0.2, 0) is 4.79 Å². The number of nitrogens with one attached hydrogen (secondary N) is 1. The number of nitrogens with zero attached hydrogens (tertiary/aromatic N) is 1. The van der Waals surface area contributed by atoms with Crippen molar-refractivity contribution in [1.29, 1.82) is 0 Å². The molecule has 1 aromatic rings. The van der Waals surface area contributed by atoms with Crippen molar-refractivity contribution in [1.82, 2.24) is 10.2 Å². The number of halogens is 1. The number of benzene rings is 1. The van der Waals surface area contributed by atoms with Gasteiger partial charge in [-0.25, -0.2) is 0 Å². The average Bonchev–Trinajstić information content (AvgIpc) is 2.85. The van der Waals surface area contributed by atoms with Gasteiger partial charge in [-0.1, -0.05) is 29.8 Å². The summed E-state index contributed by atoms with van der Waals surface area (Å²) in [5.74, 6) is 0.170. The summed E-state index contributed by atoms with van der Waals surface area (Å²) in [6, 6.07) is 7.98. The molecule has 0 spiro atoms. The zero-order valence-electron chi connectivity index (χ0n) is 11.7. The predicted octanol–water partition coefficient (Wildman–Crippen LogP) is 2.92. The first kappa shape index (κ1) is 13.7. The van der Waals surface area contributed by atoms with Crippen LogP contribution in [0.15, 0.2) is 35.4 Å². The molecule has 106 valence electrons. The molecular weight excluding hydrogens is 272 g/mol. The van der Waals surface area contributed by atoms with Crippen LogP contribution in [-0.4, -0.2) is 30.4 Å². The second-order valence-electron chi connectivity index (χ2n) is 5.51. The van der Waals surface area contributed by atoms with Gasteiger partial charge in [-0.2, -0.15) is 0 Å². The molecule has 1 atom stereocenters. The Balaban J connectivity index is 1.86. The third-order valence-corrected chi connectivity index (χ3v) is 4.65. The van der Waals surface area contributed by atoms with Crippen LogP contribution in [0.2, 0.25) is 5.02 Å². The second kappa shape index (κ2) is 5.58. The number of carbonyl (C=O) groups is 1. The summed E-state index contributed by atoms with van der Waals surface area (Å²) >= 11 is 6.29. The molecule has 1 unspecified atom stereocenters. The molecule has 0 radical (unpaired) electrons. The maximum Gasteiger partial charge on any atom is 0.250 e. The Morgan fingerprint density at radius 2 is 2.10 bits per heavy atom. The molecule has 2 aliphatic heterocycles. The van der Waals surface area contributed by atoms with Gasteiger partial charge in [0.05, 0.1) is 6.04 Å². The van der Waals surface area contributed by atoms with Crippen LogP contribution in [0.1, 0.15) is 31.4 Å². The number of amides is 1. The van der Waals surface area contributed by atoms with Crippen molar-refractivity contribution in [3.05, 3.63) is 46.0 Å². The molecule has 2 heterocycles. The van der Waals surface area contributed by atoms with Gasteiger partial charge in [0, 0.05) is 30.2 Å². The summed E-state index contributed by atoms with van der Waals surface area (Å²) in [4.78, 5) is 14.7. The third kappa shape index (κ3) is 2.36. The summed E-state index contributed by atoms with van der Waals surface area (Å²) in [5.41, 5.74) is 3.21. The summed E-state index contributed by atoms with van der Waals surface area (Å²) in [6.07, 6.45) is 2.04. The minimum absolute atomic E-state index is 0.125. The van der Waals surface area contributed by atoms with Crippen LogP contribution in [0, 0.1) is 0 Å². The Bertz CT molecular complexity index is 561. The number of hydrogen-bond acceptors (Lipinski definition) is 2. The van der Waals surface area contributed by atoms with Gasteiger partial charge in [-0.05, 0) is 37.0 Å². The maximum absolute atomic E-state index is 12.7. The molecule has 4 heteroatoms. The molecule has 2 saturated heterocycles. The van der Waals surface area contributed by atoms with E-state index in [0.717, 1.165) is 48.6 Å². The van der Waals surface area contributed by atoms with E-state index in [1.54, 1.807) is 0 Å². The Morgan fingerprint density at radius 3 is 2.75 bits per heavy atom. The Kier molecular flexibility index (Phi) is 3.81. The van der Waals surface area contributed by atoms with Crippen molar-refractivity contribution in [3.63, 3.8) is 0 Å². The second-order valence-corrected chi connectivity index (χ2v) is 5.92. The SMILES string of the molecule is CC(C(=O)N1CCCC1c1ccccc1Cl)=C1CNC1. The third-order valence-electron chi connectivity index (χ3n) is 4.31. The van der Waals surface area contributed by atoms with Crippen molar-refractivity contribution < 1.29 is 4.79 Å². The van der Waals surface area contributed by atoms with Gasteiger partial charge in [0.1, 0.15) is 0 Å². The quantitative estimate of drug-likeness (QED) is 0.850. The lowest BCUT2D eigenvalue weighted by Gasteiger charge is -2.29. The van der Waals surface area contributed by atoms with E-state index >= 15 is 0 Å². The fourth-order valence-corrected chi connectivity index (χ4v) is 3.22. The lowest BCUT2D eigenvalue weighted by Crippen LogP contribution is -2.39. The highest BCUT2D eigenvalue weighted by Gasteiger charge is 2.32. The fraction of sp³-hybridized carbons (Fsp3) is 0.438. The molecule has 2 aliphatic rings. The average molecular weight is 291 g/mol. The molecule has 3 nitrogen and oxygen atoms in total. The Hall–Kier alpha value is -1.32. The Labute approximate surface area is 124 Å². The molecule has 0 saturated carbocycles. The van der Waals surface area contributed by atoms with Crippen LogP contribution in [0.25, 0.3) is 0 Å². The van der Waals surface area contributed by atoms with E-state index < -0.39 is 0 Å². The van der Waals surface area contributed by atoms with Crippen molar-refractivity contribution in [2.75, 3.05) is 19.6 Å². The summed E-state index contributed by atoms with van der Waals surface area (Å²) in [5, 5.41) is 3.95. The number of likely N-dealkylation sites (tertiary alicyclic amines) is 1. The van der Waals surface area contributed by atoms with E-state index in [2.05, 4.69) is 5.32 Å². The normalized spacial score (nSPS) is 21.8. The maximum atomic E-state index is 12.7.